The van der Waals surface area contributed by atoms with E-state index in [1.165, 1.54) is 19.5 Å². The monoisotopic (exact) mass is 481 g/mol. The molecule has 1 aromatic carbocycles. The van der Waals surface area contributed by atoms with Crippen LogP contribution in [0.1, 0.15) is 41.7 Å². The van der Waals surface area contributed by atoms with Crippen LogP contribution in [-0.2, 0) is 9.47 Å². The van der Waals surface area contributed by atoms with Crippen molar-refractivity contribution in [2.45, 2.75) is 26.4 Å². The Labute approximate surface area is 202 Å². The molecule has 1 N–H and O–H groups in total. The van der Waals surface area contributed by atoms with Crippen molar-refractivity contribution in [3.63, 3.8) is 0 Å². The Kier molecular flexibility index (Phi) is 6.59. The first-order valence-corrected chi connectivity index (χ1v) is 11.1. The van der Waals surface area contributed by atoms with Gasteiger partial charge in [0, 0.05) is 55.5 Å². The maximum Gasteiger partial charge on any atom is 0.410 e. The highest BCUT2D eigenvalue weighted by Gasteiger charge is 2.28. The van der Waals surface area contributed by atoms with Gasteiger partial charge in [0.2, 0.25) is 5.69 Å². The number of H-pyrrole nitrogens is 1. The molecule has 0 bridgehead atoms. The Morgan fingerprint density at radius 3 is 2.34 bits per heavy atom. The van der Waals surface area contributed by atoms with Gasteiger partial charge < -0.3 is 29.0 Å². The van der Waals surface area contributed by atoms with E-state index in [2.05, 4.69) is 15.0 Å². The number of hydrogen-bond donors (Lipinski definition) is 1. The third kappa shape index (κ3) is 5.51. The van der Waals surface area contributed by atoms with Crippen LogP contribution in [0.3, 0.4) is 0 Å². The number of carbonyl (C=O) groups excluding carboxylic acids is 3. The van der Waals surface area contributed by atoms with Gasteiger partial charge in [-0.05, 0) is 39.0 Å². The van der Waals surface area contributed by atoms with Crippen molar-refractivity contribution in [3.8, 4) is 11.6 Å². The number of methoxy groups -OCH3 is 1. The summed E-state index contributed by atoms with van der Waals surface area (Å²) in [6, 6.07) is 6.98. The number of benzene rings is 1. The zero-order valence-electron chi connectivity index (χ0n) is 20.0. The van der Waals surface area contributed by atoms with Gasteiger partial charge in [-0.25, -0.2) is 19.6 Å². The lowest BCUT2D eigenvalue weighted by atomic mass is 10.2. The molecule has 0 saturated carbocycles. The molecule has 1 aliphatic heterocycles. The number of aromatic amines is 1. The van der Waals surface area contributed by atoms with Gasteiger partial charge in [0.15, 0.2) is 0 Å². The molecule has 3 aromatic rings. The molecule has 11 heteroatoms. The highest BCUT2D eigenvalue weighted by atomic mass is 16.6. The van der Waals surface area contributed by atoms with Crippen LogP contribution in [0.25, 0.3) is 10.9 Å². The quantitative estimate of drug-likeness (QED) is 0.563. The van der Waals surface area contributed by atoms with Gasteiger partial charge in [-0.1, -0.05) is 0 Å². The second-order valence-electron chi connectivity index (χ2n) is 9.00. The molecule has 2 amide bonds. The van der Waals surface area contributed by atoms with E-state index in [4.69, 9.17) is 14.2 Å². The first kappa shape index (κ1) is 24.0. The van der Waals surface area contributed by atoms with Crippen LogP contribution < -0.4 is 4.74 Å². The summed E-state index contributed by atoms with van der Waals surface area (Å²) >= 11 is 0. The molecular formula is C24H27N5O6. The lowest BCUT2D eigenvalue weighted by Gasteiger charge is -2.35. The molecule has 0 unspecified atom stereocenters. The molecule has 1 aliphatic rings. The summed E-state index contributed by atoms with van der Waals surface area (Å²) in [4.78, 5) is 51.7. The SMILES string of the molecule is COC(=O)c1nccnc1Oc1ccc2cc(C(=O)N3CCN(C(=O)OC(C)(C)C)CC3)[nH]c2c1. The van der Waals surface area contributed by atoms with E-state index in [0.29, 0.717) is 43.1 Å². The van der Waals surface area contributed by atoms with Gasteiger partial charge in [0.25, 0.3) is 11.8 Å². The van der Waals surface area contributed by atoms with E-state index in [0.717, 1.165) is 5.39 Å². The van der Waals surface area contributed by atoms with E-state index in [9.17, 15) is 14.4 Å². The van der Waals surface area contributed by atoms with Crippen molar-refractivity contribution >= 4 is 28.9 Å². The van der Waals surface area contributed by atoms with Gasteiger partial charge in [0.05, 0.1) is 7.11 Å². The Morgan fingerprint density at radius 2 is 1.66 bits per heavy atom. The van der Waals surface area contributed by atoms with E-state index in [1.807, 2.05) is 20.8 Å². The minimum absolute atomic E-state index is 0.0180. The molecule has 3 heterocycles. The Morgan fingerprint density at radius 1 is 0.971 bits per heavy atom. The molecule has 1 fully saturated rings. The van der Waals surface area contributed by atoms with Crippen molar-refractivity contribution in [2.24, 2.45) is 0 Å². The number of carbonyl (C=O) groups is 3. The predicted octanol–water partition coefficient (Wildman–Crippen LogP) is 3.23. The summed E-state index contributed by atoms with van der Waals surface area (Å²) in [5, 5.41) is 0.820. The fraction of sp³-hybridized carbons (Fsp3) is 0.375. The van der Waals surface area contributed by atoms with E-state index < -0.39 is 11.6 Å². The average molecular weight is 482 g/mol. The summed E-state index contributed by atoms with van der Waals surface area (Å²) in [7, 11) is 1.25. The molecule has 0 radical (unpaired) electrons. The van der Waals surface area contributed by atoms with Gasteiger partial charge >= 0.3 is 12.1 Å². The number of esters is 1. The Hall–Kier alpha value is -4.15. The number of nitrogens with zero attached hydrogens (tertiary/aromatic N) is 4. The maximum absolute atomic E-state index is 13.1. The molecule has 11 nitrogen and oxygen atoms in total. The molecule has 2 aromatic heterocycles. The molecule has 35 heavy (non-hydrogen) atoms. The van der Waals surface area contributed by atoms with E-state index in [-0.39, 0.29) is 23.6 Å². The summed E-state index contributed by atoms with van der Waals surface area (Å²) in [6.07, 6.45) is 2.41. The van der Waals surface area contributed by atoms with Crippen molar-refractivity contribution in [1.82, 2.24) is 24.8 Å². The van der Waals surface area contributed by atoms with Crippen LogP contribution in [-0.4, -0.2) is 81.6 Å². The van der Waals surface area contributed by atoms with Crippen LogP contribution in [0.5, 0.6) is 11.6 Å². The van der Waals surface area contributed by atoms with E-state index >= 15 is 0 Å². The standard InChI is InChI=1S/C24H27N5O6/c1-24(2,3)35-23(32)29-11-9-28(10-12-29)21(30)18-13-15-5-6-16(14-17(15)27-18)34-20-19(22(31)33-4)25-7-8-26-20/h5-8,13-14,27H,9-12H2,1-4H3. The molecule has 0 atom stereocenters. The topological polar surface area (TPSA) is 127 Å². The smallest absolute Gasteiger partial charge is 0.410 e. The van der Waals surface area contributed by atoms with Crippen LogP contribution in [0.15, 0.2) is 36.7 Å². The van der Waals surface area contributed by atoms with E-state index in [1.54, 1.807) is 34.1 Å². The van der Waals surface area contributed by atoms with Crippen molar-refractivity contribution < 1.29 is 28.6 Å². The Bertz CT molecular complexity index is 1260. The van der Waals surface area contributed by atoms with Crippen molar-refractivity contribution in [3.05, 3.63) is 48.0 Å². The minimum atomic E-state index is -0.659. The number of nitrogens with one attached hydrogen (secondary N) is 1. The van der Waals surface area contributed by atoms with Crippen molar-refractivity contribution in [1.29, 1.82) is 0 Å². The van der Waals surface area contributed by atoms with Crippen LogP contribution >= 0.6 is 0 Å². The second-order valence-corrected chi connectivity index (χ2v) is 9.00. The van der Waals surface area contributed by atoms with Gasteiger partial charge in [0.1, 0.15) is 17.0 Å². The lowest BCUT2D eigenvalue weighted by molar-refractivity contribution is 0.0140. The van der Waals surface area contributed by atoms with Crippen LogP contribution in [0.2, 0.25) is 0 Å². The zero-order chi connectivity index (χ0) is 25.2. The number of amides is 2. The number of hydrogen-bond acceptors (Lipinski definition) is 8. The first-order chi connectivity index (χ1) is 16.6. The molecule has 0 spiro atoms. The summed E-state index contributed by atoms with van der Waals surface area (Å²) in [6.45, 7) is 7.08. The molecular weight excluding hydrogens is 454 g/mol. The molecule has 0 aliphatic carbocycles. The summed E-state index contributed by atoms with van der Waals surface area (Å²) < 4.78 is 15.9. The number of aromatic nitrogens is 3. The third-order valence-electron chi connectivity index (χ3n) is 5.30. The van der Waals surface area contributed by atoms with Crippen molar-refractivity contribution in [2.75, 3.05) is 33.3 Å². The van der Waals surface area contributed by atoms with Gasteiger partial charge in [-0.2, -0.15) is 0 Å². The summed E-state index contributed by atoms with van der Waals surface area (Å²) in [5.74, 6) is -0.387. The summed E-state index contributed by atoms with van der Waals surface area (Å²) in [5.41, 5.74) is 0.507. The number of rotatable bonds is 4. The number of fused-ring (bicyclic) bond motifs is 1. The second kappa shape index (κ2) is 9.61. The minimum Gasteiger partial charge on any atom is -0.464 e. The van der Waals surface area contributed by atoms with Gasteiger partial charge in [-0.3, -0.25) is 4.79 Å². The fourth-order valence-electron chi connectivity index (χ4n) is 3.62. The third-order valence-corrected chi connectivity index (χ3v) is 5.30. The van der Waals surface area contributed by atoms with Gasteiger partial charge in [-0.15, -0.1) is 0 Å². The normalized spacial score (nSPS) is 14.1. The average Bonchev–Trinajstić information content (AvgIpc) is 3.26. The van der Waals surface area contributed by atoms with Crippen LogP contribution in [0, 0.1) is 0 Å². The largest absolute Gasteiger partial charge is 0.464 e. The zero-order valence-corrected chi connectivity index (χ0v) is 20.0. The highest BCUT2D eigenvalue weighted by molar-refractivity contribution is 5.98. The molecule has 4 rings (SSSR count). The number of piperazine rings is 1. The van der Waals surface area contributed by atoms with Crippen LogP contribution in [0.4, 0.5) is 4.79 Å². The maximum atomic E-state index is 13.1. The number of ether oxygens (including phenoxy) is 3. The highest BCUT2D eigenvalue weighted by Crippen LogP contribution is 2.27. The Balaban J connectivity index is 1.44. The first-order valence-electron chi connectivity index (χ1n) is 11.1. The molecule has 184 valence electrons. The fourth-order valence-corrected chi connectivity index (χ4v) is 3.62. The molecule has 1 saturated heterocycles. The lowest BCUT2D eigenvalue weighted by Crippen LogP contribution is -2.51. The predicted molar refractivity (Wildman–Crippen MR) is 125 cm³/mol.